The number of aromatic nitrogens is 4. The third-order valence-electron chi connectivity index (χ3n) is 3.60. The Balaban J connectivity index is 1.75. The normalized spacial score (nSPS) is 10.6. The first kappa shape index (κ1) is 20.8. The van der Waals surface area contributed by atoms with Crippen LogP contribution in [-0.4, -0.2) is 43.9 Å². The van der Waals surface area contributed by atoms with Gasteiger partial charge in [0.05, 0.1) is 33.5 Å². The van der Waals surface area contributed by atoms with Crippen molar-refractivity contribution in [2.75, 3.05) is 18.2 Å². The van der Waals surface area contributed by atoms with Crippen LogP contribution >= 0.6 is 35.0 Å². The number of para-hydroxylation sites is 2. The number of methoxy groups -OCH3 is 1. The van der Waals surface area contributed by atoms with Gasteiger partial charge in [-0.3, -0.25) is 14.9 Å². The Morgan fingerprint density at radius 3 is 2.79 bits per heavy atom. The van der Waals surface area contributed by atoms with Crippen molar-refractivity contribution in [2.24, 2.45) is 0 Å². The van der Waals surface area contributed by atoms with Crippen LogP contribution in [0.5, 0.6) is 5.75 Å². The van der Waals surface area contributed by atoms with Gasteiger partial charge in [0.2, 0.25) is 11.1 Å². The molecule has 1 heterocycles. The maximum atomic E-state index is 12.2. The largest absolute Gasteiger partial charge is 0.495 e. The van der Waals surface area contributed by atoms with Gasteiger partial charge >= 0.3 is 0 Å². The van der Waals surface area contributed by atoms with Crippen molar-refractivity contribution < 1.29 is 14.5 Å². The summed E-state index contributed by atoms with van der Waals surface area (Å²) in [5, 5.41) is 25.8. The number of carbonyl (C=O) groups excluding carboxylic acids is 1. The zero-order chi connectivity index (χ0) is 21.0. The Hall–Kier alpha value is -2.89. The third kappa shape index (κ3) is 4.75. The fourth-order valence-corrected chi connectivity index (χ4v) is 3.54. The molecule has 29 heavy (non-hydrogen) atoms. The fraction of sp³-hybridized carbons (Fsp3) is 0.125. The van der Waals surface area contributed by atoms with E-state index >= 15 is 0 Å². The number of hydrogen-bond acceptors (Lipinski definition) is 8. The van der Waals surface area contributed by atoms with Crippen molar-refractivity contribution in [1.29, 1.82) is 0 Å². The Kier molecular flexibility index (Phi) is 6.52. The average Bonchev–Trinajstić information content (AvgIpc) is 3.15. The highest BCUT2D eigenvalue weighted by atomic mass is 35.5. The lowest BCUT2D eigenvalue weighted by atomic mass is 10.2. The number of hydrogen-bond donors (Lipinski definition) is 1. The molecule has 1 aromatic heterocycles. The molecule has 0 fully saturated rings. The van der Waals surface area contributed by atoms with Crippen LogP contribution in [0.1, 0.15) is 0 Å². The van der Waals surface area contributed by atoms with E-state index in [0.29, 0.717) is 16.5 Å². The van der Waals surface area contributed by atoms with Gasteiger partial charge in [0.15, 0.2) is 0 Å². The number of thioether (sulfide) groups is 1. The van der Waals surface area contributed by atoms with Crippen LogP contribution in [0.4, 0.5) is 11.4 Å². The number of nitro groups is 1. The van der Waals surface area contributed by atoms with Crippen LogP contribution < -0.4 is 10.1 Å². The summed E-state index contributed by atoms with van der Waals surface area (Å²) in [6.45, 7) is 0. The number of halogens is 2. The minimum atomic E-state index is -0.570. The van der Waals surface area contributed by atoms with Crippen molar-refractivity contribution in [3.63, 3.8) is 0 Å². The third-order valence-corrected chi connectivity index (χ3v) is 5.11. The van der Waals surface area contributed by atoms with E-state index in [2.05, 4.69) is 20.8 Å². The molecule has 150 valence electrons. The van der Waals surface area contributed by atoms with Crippen molar-refractivity contribution in [3.05, 3.63) is 56.6 Å². The molecule has 13 heteroatoms. The molecule has 0 aliphatic heterocycles. The first-order valence-electron chi connectivity index (χ1n) is 7.88. The van der Waals surface area contributed by atoms with Gasteiger partial charge in [-0.05, 0) is 22.6 Å². The van der Waals surface area contributed by atoms with Gasteiger partial charge in [-0.1, -0.05) is 47.1 Å². The van der Waals surface area contributed by atoms with E-state index in [4.69, 9.17) is 27.9 Å². The van der Waals surface area contributed by atoms with Crippen LogP contribution in [0.2, 0.25) is 10.0 Å². The molecule has 0 atom stereocenters. The molecular weight excluding hydrogens is 443 g/mol. The zero-order valence-corrected chi connectivity index (χ0v) is 17.0. The Morgan fingerprint density at radius 1 is 1.31 bits per heavy atom. The Bertz CT molecular complexity index is 1080. The quantitative estimate of drug-likeness (QED) is 0.325. The Morgan fingerprint density at radius 2 is 2.07 bits per heavy atom. The molecule has 0 saturated carbocycles. The van der Waals surface area contributed by atoms with E-state index < -0.39 is 10.8 Å². The van der Waals surface area contributed by atoms with Crippen LogP contribution in [0, 0.1) is 10.1 Å². The van der Waals surface area contributed by atoms with Crippen molar-refractivity contribution in [1.82, 2.24) is 20.2 Å². The average molecular weight is 455 g/mol. The summed E-state index contributed by atoms with van der Waals surface area (Å²) < 4.78 is 6.51. The van der Waals surface area contributed by atoms with Crippen molar-refractivity contribution >= 4 is 52.2 Å². The smallest absolute Gasteiger partial charge is 0.292 e. The van der Waals surface area contributed by atoms with Crippen LogP contribution in [0.25, 0.3) is 5.69 Å². The molecule has 3 rings (SSSR count). The number of ether oxygens (including phenoxy) is 1. The summed E-state index contributed by atoms with van der Waals surface area (Å²) in [5.74, 6) is -0.167. The van der Waals surface area contributed by atoms with E-state index in [1.165, 1.54) is 36.1 Å². The molecule has 0 spiro atoms. The molecular formula is C16H12Cl2N6O4S. The lowest BCUT2D eigenvalue weighted by Crippen LogP contribution is -2.15. The molecule has 1 amide bonds. The van der Waals surface area contributed by atoms with Crippen LogP contribution in [-0.2, 0) is 4.79 Å². The van der Waals surface area contributed by atoms with E-state index in [1.807, 2.05) is 0 Å². The Labute approximate surface area is 178 Å². The van der Waals surface area contributed by atoms with E-state index in [0.717, 1.165) is 11.8 Å². The van der Waals surface area contributed by atoms with Crippen molar-refractivity contribution in [2.45, 2.75) is 5.16 Å². The standard InChI is InChI=1S/C16H12Cl2N6O4S/c1-28-14-7-13(9(17)6-10(14)18)23-16(20-21-22-23)29-8-15(25)19-11-4-2-3-5-12(11)24(26)27/h2-7H,8H2,1H3,(H,19,25). The summed E-state index contributed by atoms with van der Waals surface area (Å²) >= 11 is 13.3. The van der Waals surface area contributed by atoms with Gasteiger partial charge in [-0.15, -0.1) is 5.10 Å². The number of amides is 1. The van der Waals surface area contributed by atoms with Gasteiger partial charge in [0, 0.05) is 12.1 Å². The maximum Gasteiger partial charge on any atom is 0.292 e. The van der Waals surface area contributed by atoms with E-state index in [9.17, 15) is 14.9 Å². The molecule has 2 aromatic carbocycles. The first-order valence-corrected chi connectivity index (χ1v) is 9.62. The van der Waals surface area contributed by atoms with Gasteiger partial charge in [-0.2, -0.15) is 4.68 Å². The van der Waals surface area contributed by atoms with Gasteiger partial charge in [0.1, 0.15) is 11.4 Å². The topological polar surface area (TPSA) is 125 Å². The molecule has 10 nitrogen and oxygen atoms in total. The number of nitrogens with one attached hydrogen (secondary N) is 1. The monoisotopic (exact) mass is 454 g/mol. The first-order chi connectivity index (χ1) is 13.9. The molecule has 1 N–H and O–H groups in total. The summed E-state index contributed by atoms with van der Waals surface area (Å²) in [4.78, 5) is 22.7. The predicted molar refractivity (Wildman–Crippen MR) is 108 cm³/mol. The van der Waals surface area contributed by atoms with Gasteiger partial charge in [0.25, 0.3) is 5.69 Å². The van der Waals surface area contributed by atoms with Crippen molar-refractivity contribution in [3.8, 4) is 11.4 Å². The van der Waals surface area contributed by atoms with E-state index in [1.54, 1.807) is 12.1 Å². The number of anilines is 1. The second kappa shape index (κ2) is 9.07. The summed E-state index contributed by atoms with van der Waals surface area (Å²) in [6.07, 6.45) is 0. The highest BCUT2D eigenvalue weighted by Crippen LogP contribution is 2.34. The van der Waals surface area contributed by atoms with Gasteiger partial charge in [-0.25, -0.2) is 0 Å². The number of nitrogens with zero attached hydrogens (tertiary/aromatic N) is 5. The number of rotatable bonds is 7. The molecule has 0 unspecified atom stereocenters. The molecule has 0 aliphatic rings. The molecule has 0 bridgehead atoms. The maximum absolute atomic E-state index is 12.2. The zero-order valence-electron chi connectivity index (χ0n) is 14.7. The molecule has 0 aliphatic carbocycles. The van der Waals surface area contributed by atoms with E-state index in [-0.39, 0.29) is 27.3 Å². The summed E-state index contributed by atoms with van der Waals surface area (Å²) in [6, 6.07) is 8.92. The number of nitro benzene ring substituents is 1. The summed E-state index contributed by atoms with van der Waals surface area (Å²) in [7, 11) is 1.46. The fourth-order valence-electron chi connectivity index (χ4n) is 2.31. The lowest BCUT2D eigenvalue weighted by molar-refractivity contribution is -0.383. The highest BCUT2D eigenvalue weighted by molar-refractivity contribution is 7.99. The molecule has 0 saturated heterocycles. The molecule has 3 aromatic rings. The number of benzene rings is 2. The predicted octanol–water partition coefficient (Wildman–Crippen LogP) is 3.62. The van der Waals surface area contributed by atoms with Crippen LogP contribution in [0.15, 0.2) is 41.6 Å². The lowest BCUT2D eigenvalue weighted by Gasteiger charge is -2.10. The SMILES string of the molecule is COc1cc(-n2nnnc2SCC(=O)Nc2ccccc2[N+](=O)[O-])c(Cl)cc1Cl. The second-order valence-electron chi connectivity index (χ2n) is 5.42. The van der Waals surface area contributed by atoms with Gasteiger partial charge < -0.3 is 10.1 Å². The summed E-state index contributed by atoms with van der Waals surface area (Å²) in [5.41, 5.74) is 0.323. The molecule has 0 radical (unpaired) electrons. The van der Waals surface area contributed by atoms with Crippen LogP contribution in [0.3, 0.4) is 0 Å². The minimum absolute atomic E-state index is 0.0885. The second-order valence-corrected chi connectivity index (χ2v) is 7.18. The highest BCUT2D eigenvalue weighted by Gasteiger charge is 2.18. The number of carbonyl (C=O) groups is 1. The number of tetrazole rings is 1. The minimum Gasteiger partial charge on any atom is -0.495 e.